The number of ether oxygens (including phenoxy) is 3. The number of nitrogens with one attached hydrogen (secondary N) is 1. The van der Waals surface area contributed by atoms with Crippen LogP contribution in [-0.4, -0.2) is 65.9 Å². The van der Waals surface area contributed by atoms with E-state index in [4.69, 9.17) is 37.4 Å². The van der Waals surface area contributed by atoms with E-state index in [1.165, 1.54) is 11.0 Å². The van der Waals surface area contributed by atoms with E-state index in [9.17, 15) is 24.8 Å². The number of rotatable bonds is 16. The molecular formula is C30H33Cl2N3O8. The summed E-state index contributed by atoms with van der Waals surface area (Å²) < 4.78 is 16.8. The fraction of sp³-hybridized carbons (Fsp3) is 0.333. The van der Waals surface area contributed by atoms with Crippen LogP contribution in [0.2, 0.25) is 10.0 Å². The number of nitrogens with zero attached hydrogens (tertiary/aromatic N) is 2. The standard InChI is InChI=1S/C30H33Cl2N3O8/c1-3-42-28(29(36)37)16-21-5-8-26(9-6-21)43-13-11-34(10-12-41-19-22-14-23(31)17-24(32)15-22)30(38)33-25-7-4-20(2)27(18-25)35(39)40/h4-9,14-15,17-18,28H,3,10-13,16,19H2,1-2H3,(H,33,38)(H,36,37). The molecule has 1 atom stereocenters. The number of anilines is 1. The summed E-state index contributed by atoms with van der Waals surface area (Å²) in [5.41, 5.74) is 2.22. The Morgan fingerprint density at radius 1 is 1.00 bits per heavy atom. The van der Waals surface area contributed by atoms with Gasteiger partial charge in [0, 0.05) is 46.9 Å². The second-order valence-corrected chi connectivity index (χ2v) is 10.4. The first kappa shape index (κ1) is 33.6. The van der Waals surface area contributed by atoms with Gasteiger partial charge in [-0.15, -0.1) is 0 Å². The molecular weight excluding hydrogens is 601 g/mol. The maximum atomic E-state index is 13.2. The minimum atomic E-state index is -1.03. The molecule has 13 heteroatoms. The molecule has 1 unspecified atom stereocenters. The number of carbonyl (C=O) groups excluding carboxylic acids is 1. The predicted octanol–water partition coefficient (Wildman–Crippen LogP) is 6.37. The van der Waals surface area contributed by atoms with Crippen LogP contribution in [-0.2, 0) is 27.3 Å². The molecule has 2 amide bonds. The van der Waals surface area contributed by atoms with E-state index in [1.54, 1.807) is 68.4 Å². The first-order chi connectivity index (χ1) is 20.5. The molecule has 0 fully saturated rings. The van der Waals surface area contributed by atoms with Crippen molar-refractivity contribution in [3.8, 4) is 5.75 Å². The number of carboxylic acid groups (broad SMARTS) is 1. The maximum absolute atomic E-state index is 13.2. The van der Waals surface area contributed by atoms with Gasteiger partial charge in [0.15, 0.2) is 6.10 Å². The Morgan fingerprint density at radius 2 is 1.67 bits per heavy atom. The molecule has 3 aromatic rings. The lowest BCUT2D eigenvalue weighted by Crippen LogP contribution is -2.40. The first-order valence-corrected chi connectivity index (χ1v) is 14.2. The summed E-state index contributed by atoms with van der Waals surface area (Å²) >= 11 is 12.1. The second kappa shape index (κ2) is 16.7. The van der Waals surface area contributed by atoms with Crippen molar-refractivity contribution in [2.75, 3.05) is 38.2 Å². The zero-order chi connectivity index (χ0) is 31.4. The Hall–Kier alpha value is -3.90. The van der Waals surface area contributed by atoms with Gasteiger partial charge in [-0.3, -0.25) is 10.1 Å². The smallest absolute Gasteiger partial charge is 0.333 e. The zero-order valence-electron chi connectivity index (χ0n) is 23.8. The Morgan fingerprint density at radius 3 is 2.30 bits per heavy atom. The Bertz CT molecular complexity index is 1380. The molecule has 43 heavy (non-hydrogen) atoms. The molecule has 11 nitrogen and oxygen atoms in total. The summed E-state index contributed by atoms with van der Waals surface area (Å²) in [7, 11) is 0. The molecule has 230 valence electrons. The van der Waals surface area contributed by atoms with Crippen LogP contribution in [0, 0.1) is 17.0 Å². The number of aryl methyl sites for hydroxylation is 1. The summed E-state index contributed by atoms with van der Waals surface area (Å²) in [5.74, 6) is -0.489. The van der Waals surface area contributed by atoms with Crippen LogP contribution in [0.4, 0.5) is 16.2 Å². The zero-order valence-corrected chi connectivity index (χ0v) is 25.3. The van der Waals surface area contributed by atoms with E-state index in [-0.39, 0.29) is 50.7 Å². The third kappa shape index (κ3) is 11.0. The molecule has 0 saturated carbocycles. The average Bonchev–Trinajstić information content (AvgIpc) is 2.95. The summed E-state index contributed by atoms with van der Waals surface area (Å²) in [4.78, 5) is 36.8. The topological polar surface area (TPSA) is 140 Å². The van der Waals surface area contributed by atoms with Gasteiger partial charge in [0.05, 0.1) is 24.7 Å². The quantitative estimate of drug-likeness (QED) is 0.105. The van der Waals surface area contributed by atoms with Gasteiger partial charge in [-0.1, -0.05) is 41.4 Å². The van der Waals surface area contributed by atoms with Crippen LogP contribution >= 0.6 is 23.2 Å². The summed E-state index contributed by atoms with van der Waals surface area (Å²) in [6.07, 6.45) is -0.715. The van der Waals surface area contributed by atoms with E-state index in [0.29, 0.717) is 28.0 Å². The monoisotopic (exact) mass is 633 g/mol. The second-order valence-electron chi connectivity index (χ2n) is 9.48. The van der Waals surface area contributed by atoms with Crippen LogP contribution in [0.15, 0.2) is 60.7 Å². The minimum absolute atomic E-state index is 0.101. The van der Waals surface area contributed by atoms with Crippen molar-refractivity contribution in [2.45, 2.75) is 33.0 Å². The molecule has 3 rings (SSSR count). The first-order valence-electron chi connectivity index (χ1n) is 13.5. The number of aliphatic carboxylic acids is 1. The molecule has 0 aliphatic rings. The highest BCUT2D eigenvalue weighted by molar-refractivity contribution is 6.34. The molecule has 0 saturated heterocycles. The Kier molecular flexibility index (Phi) is 13.0. The fourth-order valence-electron chi connectivity index (χ4n) is 4.09. The lowest BCUT2D eigenvalue weighted by atomic mass is 10.1. The molecule has 0 bridgehead atoms. The fourth-order valence-corrected chi connectivity index (χ4v) is 4.66. The van der Waals surface area contributed by atoms with Gasteiger partial charge in [0.2, 0.25) is 0 Å². The van der Waals surface area contributed by atoms with Crippen LogP contribution in [0.5, 0.6) is 5.75 Å². The van der Waals surface area contributed by atoms with E-state index < -0.39 is 23.0 Å². The Balaban J connectivity index is 1.61. The minimum Gasteiger partial charge on any atom is -0.492 e. The number of amides is 2. The number of nitro groups is 1. The van der Waals surface area contributed by atoms with Crippen molar-refractivity contribution in [1.29, 1.82) is 0 Å². The molecule has 0 aliphatic heterocycles. The number of urea groups is 1. The average molecular weight is 635 g/mol. The molecule has 0 aromatic heterocycles. The predicted molar refractivity (Wildman–Crippen MR) is 163 cm³/mol. The van der Waals surface area contributed by atoms with Crippen molar-refractivity contribution in [3.63, 3.8) is 0 Å². The number of carbonyl (C=O) groups is 2. The van der Waals surface area contributed by atoms with Gasteiger partial charge in [0.1, 0.15) is 12.4 Å². The number of nitro benzene ring substituents is 1. The summed E-state index contributed by atoms with van der Waals surface area (Å²) in [6.45, 7) is 4.59. The highest BCUT2D eigenvalue weighted by Gasteiger charge is 2.19. The van der Waals surface area contributed by atoms with Crippen LogP contribution in [0.1, 0.15) is 23.6 Å². The van der Waals surface area contributed by atoms with Gasteiger partial charge in [-0.05, 0) is 61.4 Å². The molecule has 3 aromatic carbocycles. The van der Waals surface area contributed by atoms with Crippen molar-refractivity contribution >= 4 is 46.6 Å². The van der Waals surface area contributed by atoms with E-state index >= 15 is 0 Å². The number of hydrogen-bond donors (Lipinski definition) is 2. The van der Waals surface area contributed by atoms with Crippen molar-refractivity contribution in [2.24, 2.45) is 0 Å². The number of halogens is 2. The van der Waals surface area contributed by atoms with Gasteiger partial charge in [-0.2, -0.15) is 0 Å². The van der Waals surface area contributed by atoms with Gasteiger partial charge in [-0.25, -0.2) is 9.59 Å². The van der Waals surface area contributed by atoms with Crippen LogP contribution in [0.3, 0.4) is 0 Å². The largest absolute Gasteiger partial charge is 0.492 e. The Labute approximate surface area is 259 Å². The summed E-state index contributed by atoms with van der Waals surface area (Å²) in [6, 6.07) is 16.0. The van der Waals surface area contributed by atoms with E-state index in [1.807, 2.05) is 0 Å². The van der Waals surface area contributed by atoms with Crippen molar-refractivity contribution < 1.29 is 33.8 Å². The lowest BCUT2D eigenvalue weighted by Gasteiger charge is -2.23. The maximum Gasteiger partial charge on any atom is 0.333 e. The summed E-state index contributed by atoms with van der Waals surface area (Å²) in [5, 5.41) is 24.3. The number of hydrogen-bond acceptors (Lipinski definition) is 7. The third-order valence-corrected chi connectivity index (χ3v) is 6.70. The molecule has 2 N–H and O–H groups in total. The highest BCUT2D eigenvalue weighted by Crippen LogP contribution is 2.23. The molecule has 0 heterocycles. The molecule has 0 aliphatic carbocycles. The molecule has 0 radical (unpaired) electrons. The van der Waals surface area contributed by atoms with E-state index in [0.717, 1.165) is 11.1 Å². The number of benzene rings is 3. The third-order valence-electron chi connectivity index (χ3n) is 6.26. The van der Waals surface area contributed by atoms with Crippen molar-refractivity contribution in [3.05, 3.63) is 97.5 Å². The van der Waals surface area contributed by atoms with Crippen LogP contribution < -0.4 is 10.1 Å². The van der Waals surface area contributed by atoms with Gasteiger partial charge in [0.25, 0.3) is 5.69 Å². The van der Waals surface area contributed by atoms with E-state index in [2.05, 4.69) is 5.32 Å². The van der Waals surface area contributed by atoms with Crippen LogP contribution in [0.25, 0.3) is 0 Å². The highest BCUT2D eigenvalue weighted by atomic mass is 35.5. The van der Waals surface area contributed by atoms with Gasteiger partial charge >= 0.3 is 12.0 Å². The van der Waals surface area contributed by atoms with Gasteiger partial charge < -0.3 is 29.5 Å². The van der Waals surface area contributed by atoms with Crippen molar-refractivity contribution in [1.82, 2.24) is 4.90 Å². The molecule has 0 spiro atoms. The lowest BCUT2D eigenvalue weighted by molar-refractivity contribution is -0.385. The number of carboxylic acids is 1. The normalized spacial score (nSPS) is 11.5. The SMILES string of the molecule is CCOC(Cc1ccc(OCCN(CCOCc2cc(Cl)cc(Cl)c2)C(=O)Nc2ccc(C)c([N+](=O)[O-])c2)cc1)C(=O)O.